The number of benzene rings is 2. The number of hydrogen-bond donors (Lipinski definition) is 1. The number of aliphatic hydroxyl groups is 1. The lowest BCUT2D eigenvalue weighted by Crippen LogP contribution is -2.24. The number of fused-ring (bicyclic) bond motifs is 1. The van der Waals surface area contributed by atoms with Crippen LogP contribution in [0, 0.1) is 5.41 Å². The Morgan fingerprint density at radius 1 is 1.10 bits per heavy atom. The molecule has 1 N–H and O–H groups in total. The molecule has 0 aromatic heterocycles. The lowest BCUT2D eigenvalue weighted by Gasteiger charge is -2.27. The molecule has 0 spiro atoms. The van der Waals surface area contributed by atoms with E-state index in [9.17, 15) is 5.11 Å². The first-order valence-electron chi connectivity index (χ1n) is 7.43. The highest BCUT2D eigenvalue weighted by Crippen LogP contribution is 2.43. The van der Waals surface area contributed by atoms with Gasteiger partial charge in [0, 0.05) is 12.0 Å². The summed E-state index contributed by atoms with van der Waals surface area (Å²) < 4.78 is 5.68. The quantitative estimate of drug-likeness (QED) is 0.911. The molecule has 2 heteroatoms. The Morgan fingerprint density at radius 2 is 1.85 bits per heavy atom. The molecule has 0 aliphatic heterocycles. The summed E-state index contributed by atoms with van der Waals surface area (Å²) in [6.45, 7) is 0.281. The zero-order valence-electron chi connectivity index (χ0n) is 12.1. The first-order valence-corrected chi connectivity index (χ1v) is 7.43. The van der Waals surface area contributed by atoms with E-state index in [1.165, 1.54) is 29.2 Å². The van der Waals surface area contributed by atoms with Crippen molar-refractivity contribution >= 4 is 10.8 Å². The van der Waals surface area contributed by atoms with E-state index in [0.717, 1.165) is 25.0 Å². The Bertz CT molecular complexity index is 597. The Labute approximate surface area is 120 Å². The largest absolute Gasteiger partial charge is 0.496 e. The van der Waals surface area contributed by atoms with Gasteiger partial charge in [-0.05, 0) is 35.6 Å². The number of rotatable bonds is 4. The summed E-state index contributed by atoms with van der Waals surface area (Å²) in [6.07, 6.45) is 5.63. The fraction of sp³-hybridized carbons (Fsp3) is 0.444. The Balaban J connectivity index is 2.03. The molecule has 1 aliphatic carbocycles. The summed E-state index contributed by atoms with van der Waals surface area (Å²) in [6, 6.07) is 12.6. The average Bonchev–Trinajstić information content (AvgIpc) is 2.96. The first-order chi connectivity index (χ1) is 9.78. The van der Waals surface area contributed by atoms with Gasteiger partial charge < -0.3 is 9.84 Å². The molecule has 2 aromatic carbocycles. The van der Waals surface area contributed by atoms with Crippen LogP contribution in [0.25, 0.3) is 10.8 Å². The topological polar surface area (TPSA) is 29.5 Å². The van der Waals surface area contributed by atoms with Crippen LogP contribution in [-0.4, -0.2) is 18.8 Å². The van der Waals surface area contributed by atoms with E-state index in [-0.39, 0.29) is 12.0 Å². The first kappa shape index (κ1) is 13.4. The molecule has 1 saturated carbocycles. The monoisotopic (exact) mass is 270 g/mol. The van der Waals surface area contributed by atoms with Crippen molar-refractivity contribution in [3.05, 3.63) is 42.0 Å². The van der Waals surface area contributed by atoms with Gasteiger partial charge in [-0.15, -0.1) is 0 Å². The normalized spacial score (nSPS) is 17.5. The van der Waals surface area contributed by atoms with E-state index >= 15 is 0 Å². The van der Waals surface area contributed by atoms with E-state index in [2.05, 4.69) is 24.3 Å². The molecule has 0 saturated heterocycles. The van der Waals surface area contributed by atoms with Gasteiger partial charge in [0.15, 0.2) is 0 Å². The van der Waals surface area contributed by atoms with Gasteiger partial charge in [0.05, 0.1) is 7.11 Å². The summed E-state index contributed by atoms with van der Waals surface area (Å²) in [4.78, 5) is 0. The maximum Gasteiger partial charge on any atom is 0.129 e. The Hall–Kier alpha value is -1.54. The summed E-state index contributed by atoms with van der Waals surface area (Å²) in [7, 11) is 1.74. The number of aliphatic hydroxyl groups excluding tert-OH is 1. The fourth-order valence-electron chi connectivity index (χ4n) is 3.59. The maximum atomic E-state index is 9.81. The molecule has 0 heterocycles. The van der Waals surface area contributed by atoms with Gasteiger partial charge in [-0.2, -0.15) is 0 Å². The second-order valence-corrected chi connectivity index (χ2v) is 6.02. The van der Waals surface area contributed by atoms with Crippen molar-refractivity contribution in [2.24, 2.45) is 5.41 Å². The third-order valence-electron chi connectivity index (χ3n) is 4.73. The number of hydrogen-bond acceptors (Lipinski definition) is 2. The average molecular weight is 270 g/mol. The van der Waals surface area contributed by atoms with Crippen molar-refractivity contribution in [3.8, 4) is 5.75 Å². The predicted molar refractivity (Wildman–Crippen MR) is 82.2 cm³/mol. The Kier molecular flexibility index (Phi) is 3.66. The highest BCUT2D eigenvalue weighted by atomic mass is 16.5. The Morgan fingerprint density at radius 3 is 2.55 bits per heavy atom. The van der Waals surface area contributed by atoms with Crippen LogP contribution in [0.3, 0.4) is 0 Å². The van der Waals surface area contributed by atoms with E-state index in [4.69, 9.17) is 4.74 Å². The van der Waals surface area contributed by atoms with Crippen LogP contribution in [0.4, 0.5) is 0 Å². The van der Waals surface area contributed by atoms with Gasteiger partial charge in [0.2, 0.25) is 0 Å². The standard InChI is InChI=1S/C18H22O2/c1-20-17-15(12-18(13-19)10-4-5-11-18)9-8-14-6-2-3-7-16(14)17/h2-3,6-9,19H,4-5,10-13H2,1H3. The van der Waals surface area contributed by atoms with Crippen LogP contribution >= 0.6 is 0 Å². The molecule has 0 bridgehead atoms. The second-order valence-electron chi connectivity index (χ2n) is 6.02. The molecule has 1 fully saturated rings. The van der Waals surface area contributed by atoms with Gasteiger partial charge in [-0.25, -0.2) is 0 Å². The number of ether oxygens (including phenoxy) is 1. The molecule has 106 valence electrons. The summed E-state index contributed by atoms with van der Waals surface area (Å²) in [5, 5.41) is 12.2. The maximum absolute atomic E-state index is 9.81. The van der Waals surface area contributed by atoms with Crippen LogP contribution in [-0.2, 0) is 6.42 Å². The van der Waals surface area contributed by atoms with E-state index in [0.29, 0.717) is 0 Å². The third-order valence-corrected chi connectivity index (χ3v) is 4.73. The van der Waals surface area contributed by atoms with Gasteiger partial charge in [-0.3, -0.25) is 0 Å². The van der Waals surface area contributed by atoms with Crippen LogP contribution < -0.4 is 4.74 Å². The lowest BCUT2D eigenvalue weighted by molar-refractivity contribution is 0.130. The van der Waals surface area contributed by atoms with Crippen molar-refractivity contribution < 1.29 is 9.84 Å². The zero-order chi connectivity index (χ0) is 14.0. The molecule has 0 atom stereocenters. The minimum absolute atomic E-state index is 0.0652. The predicted octanol–water partition coefficient (Wildman–Crippen LogP) is 3.94. The van der Waals surface area contributed by atoms with Gasteiger partial charge in [0.25, 0.3) is 0 Å². The van der Waals surface area contributed by atoms with Crippen LogP contribution in [0.5, 0.6) is 5.75 Å². The molecule has 0 amide bonds. The van der Waals surface area contributed by atoms with Gasteiger partial charge >= 0.3 is 0 Å². The molecule has 2 aromatic rings. The summed E-state index contributed by atoms with van der Waals surface area (Å²) >= 11 is 0. The van der Waals surface area contributed by atoms with Crippen molar-refractivity contribution in [1.82, 2.24) is 0 Å². The highest BCUT2D eigenvalue weighted by molar-refractivity contribution is 5.89. The van der Waals surface area contributed by atoms with Crippen LogP contribution in [0.1, 0.15) is 31.2 Å². The SMILES string of the molecule is COc1c(CC2(CO)CCCC2)ccc2ccccc12. The molecule has 3 rings (SSSR count). The van der Waals surface area contributed by atoms with Gasteiger partial charge in [-0.1, -0.05) is 49.2 Å². The molecular weight excluding hydrogens is 248 g/mol. The highest BCUT2D eigenvalue weighted by Gasteiger charge is 2.34. The molecule has 20 heavy (non-hydrogen) atoms. The van der Waals surface area contributed by atoms with Gasteiger partial charge in [0.1, 0.15) is 5.75 Å². The van der Waals surface area contributed by atoms with E-state index < -0.39 is 0 Å². The molecular formula is C18H22O2. The van der Waals surface area contributed by atoms with Crippen molar-refractivity contribution in [2.75, 3.05) is 13.7 Å². The van der Waals surface area contributed by atoms with Crippen molar-refractivity contribution in [3.63, 3.8) is 0 Å². The van der Waals surface area contributed by atoms with Crippen molar-refractivity contribution in [1.29, 1.82) is 0 Å². The molecule has 1 aliphatic rings. The zero-order valence-corrected chi connectivity index (χ0v) is 12.1. The molecule has 0 unspecified atom stereocenters. The smallest absolute Gasteiger partial charge is 0.129 e. The minimum atomic E-state index is 0.0652. The van der Waals surface area contributed by atoms with E-state index in [1.807, 2.05) is 12.1 Å². The van der Waals surface area contributed by atoms with Crippen LogP contribution in [0.2, 0.25) is 0 Å². The molecule has 0 radical (unpaired) electrons. The lowest BCUT2D eigenvalue weighted by atomic mass is 9.80. The van der Waals surface area contributed by atoms with E-state index in [1.54, 1.807) is 7.11 Å². The van der Waals surface area contributed by atoms with Crippen LogP contribution in [0.15, 0.2) is 36.4 Å². The molecule has 2 nitrogen and oxygen atoms in total. The minimum Gasteiger partial charge on any atom is -0.496 e. The van der Waals surface area contributed by atoms with Crippen molar-refractivity contribution in [2.45, 2.75) is 32.1 Å². The summed E-state index contributed by atoms with van der Waals surface area (Å²) in [5.41, 5.74) is 1.29. The third kappa shape index (κ3) is 2.29. The number of methoxy groups -OCH3 is 1. The second kappa shape index (κ2) is 5.45. The fourth-order valence-corrected chi connectivity index (χ4v) is 3.59. The summed E-state index contributed by atoms with van der Waals surface area (Å²) in [5.74, 6) is 0.975.